The number of hydrogen-bond donors (Lipinski definition) is 0. The second-order valence-electron chi connectivity index (χ2n) is 6.40. The van der Waals surface area contributed by atoms with Crippen molar-refractivity contribution < 1.29 is 9.53 Å². The van der Waals surface area contributed by atoms with E-state index in [-0.39, 0.29) is 5.97 Å². The van der Waals surface area contributed by atoms with Crippen LogP contribution in [-0.4, -0.2) is 5.97 Å². The molecule has 3 aromatic carbocycles. The maximum atomic E-state index is 12.7. The van der Waals surface area contributed by atoms with Gasteiger partial charge in [0.05, 0.1) is 5.56 Å². The summed E-state index contributed by atoms with van der Waals surface area (Å²) in [5.41, 5.74) is 4.63. The van der Waals surface area contributed by atoms with Crippen LogP contribution in [0.5, 0.6) is 5.75 Å². The fourth-order valence-electron chi connectivity index (χ4n) is 2.99. The molecule has 0 atom stereocenters. The first-order chi connectivity index (χ1) is 12.5. The zero-order valence-electron chi connectivity index (χ0n) is 15.0. The van der Waals surface area contributed by atoms with E-state index >= 15 is 0 Å². The summed E-state index contributed by atoms with van der Waals surface area (Å²) >= 11 is 6.19. The Morgan fingerprint density at radius 3 is 2.19 bits per heavy atom. The topological polar surface area (TPSA) is 26.3 Å². The molecule has 0 N–H and O–H groups in total. The summed E-state index contributed by atoms with van der Waals surface area (Å²) < 4.78 is 5.61. The summed E-state index contributed by atoms with van der Waals surface area (Å²) in [6.07, 6.45) is 1.66. The standard InChI is InChI=1S/C23H21ClO2/c1-16-14-20(15-17(2)22(16)24)26-23(25)21-11-7-6-10-19(21)13-12-18-8-4-3-5-9-18/h3-11,14-15H,12-13H2,1-2H3. The fourth-order valence-corrected chi connectivity index (χ4v) is 3.10. The van der Waals surface area contributed by atoms with E-state index in [4.69, 9.17) is 16.3 Å². The molecular weight excluding hydrogens is 344 g/mol. The van der Waals surface area contributed by atoms with Crippen molar-refractivity contribution >= 4 is 17.6 Å². The van der Waals surface area contributed by atoms with Gasteiger partial charge in [0.1, 0.15) is 5.75 Å². The van der Waals surface area contributed by atoms with Crippen LogP contribution < -0.4 is 4.74 Å². The minimum Gasteiger partial charge on any atom is -0.423 e. The number of esters is 1. The van der Waals surface area contributed by atoms with E-state index in [2.05, 4.69) is 12.1 Å². The third-order valence-corrected chi connectivity index (χ3v) is 4.98. The quantitative estimate of drug-likeness (QED) is 0.412. The van der Waals surface area contributed by atoms with Crippen molar-refractivity contribution in [1.82, 2.24) is 0 Å². The highest BCUT2D eigenvalue weighted by Crippen LogP contribution is 2.26. The third kappa shape index (κ3) is 4.33. The predicted molar refractivity (Wildman–Crippen MR) is 106 cm³/mol. The maximum absolute atomic E-state index is 12.7. The van der Waals surface area contributed by atoms with Gasteiger partial charge in [-0.1, -0.05) is 60.1 Å². The molecule has 0 aliphatic rings. The summed E-state index contributed by atoms with van der Waals surface area (Å²) in [5.74, 6) is 0.182. The smallest absolute Gasteiger partial charge is 0.343 e. The highest BCUT2D eigenvalue weighted by molar-refractivity contribution is 6.32. The lowest BCUT2D eigenvalue weighted by atomic mass is 10.00. The van der Waals surface area contributed by atoms with Crippen molar-refractivity contribution in [3.8, 4) is 5.75 Å². The number of rotatable bonds is 5. The van der Waals surface area contributed by atoms with Crippen LogP contribution in [0.2, 0.25) is 5.02 Å². The van der Waals surface area contributed by atoms with E-state index in [1.165, 1.54) is 5.56 Å². The zero-order chi connectivity index (χ0) is 18.5. The molecule has 3 aromatic rings. The van der Waals surface area contributed by atoms with Crippen LogP contribution in [0.3, 0.4) is 0 Å². The molecule has 0 heterocycles. The van der Waals surface area contributed by atoms with E-state index < -0.39 is 0 Å². The van der Waals surface area contributed by atoms with E-state index in [1.807, 2.05) is 56.3 Å². The Morgan fingerprint density at radius 1 is 0.885 bits per heavy atom. The van der Waals surface area contributed by atoms with Crippen molar-refractivity contribution in [2.24, 2.45) is 0 Å². The summed E-state index contributed by atoms with van der Waals surface area (Å²) in [5, 5.41) is 0.702. The van der Waals surface area contributed by atoms with Crippen LogP contribution in [0.1, 0.15) is 32.6 Å². The molecule has 0 saturated heterocycles. The van der Waals surface area contributed by atoms with E-state index in [9.17, 15) is 4.79 Å². The highest BCUT2D eigenvalue weighted by atomic mass is 35.5. The Balaban J connectivity index is 1.77. The molecule has 132 valence electrons. The molecule has 0 aliphatic heterocycles. The Morgan fingerprint density at radius 2 is 1.50 bits per heavy atom. The van der Waals surface area contributed by atoms with Gasteiger partial charge in [-0.2, -0.15) is 0 Å². The van der Waals surface area contributed by atoms with Crippen molar-refractivity contribution in [2.75, 3.05) is 0 Å². The van der Waals surface area contributed by atoms with Crippen molar-refractivity contribution in [3.05, 3.63) is 99.6 Å². The van der Waals surface area contributed by atoms with Gasteiger partial charge in [0.2, 0.25) is 0 Å². The lowest BCUT2D eigenvalue weighted by molar-refractivity contribution is 0.0733. The largest absolute Gasteiger partial charge is 0.423 e. The SMILES string of the molecule is Cc1cc(OC(=O)c2ccccc2CCc2ccccc2)cc(C)c1Cl. The minimum atomic E-state index is -0.338. The predicted octanol–water partition coefficient (Wildman–Crippen LogP) is 5.96. The van der Waals surface area contributed by atoms with Gasteiger partial charge in [-0.25, -0.2) is 4.79 Å². The van der Waals surface area contributed by atoms with Crippen LogP contribution in [0.15, 0.2) is 66.7 Å². The van der Waals surface area contributed by atoms with Gasteiger partial charge in [0.15, 0.2) is 0 Å². The van der Waals surface area contributed by atoms with Crippen molar-refractivity contribution in [3.63, 3.8) is 0 Å². The molecule has 2 nitrogen and oxygen atoms in total. The minimum absolute atomic E-state index is 0.338. The average molecular weight is 365 g/mol. The Kier molecular flexibility index (Phi) is 5.75. The number of ether oxygens (including phenoxy) is 1. The summed E-state index contributed by atoms with van der Waals surface area (Å²) in [7, 11) is 0. The molecule has 3 rings (SSSR count). The maximum Gasteiger partial charge on any atom is 0.343 e. The second kappa shape index (κ2) is 8.20. The Labute approximate surface area is 159 Å². The molecule has 0 radical (unpaired) electrons. The first-order valence-electron chi connectivity index (χ1n) is 8.65. The number of carbonyl (C=O) groups excluding carboxylic acids is 1. The molecule has 26 heavy (non-hydrogen) atoms. The van der Waals surface area contributed by atoms with Crippen molar-refractivity contribution in [1.29, 1.82) is 0 Å². The first-order valence-corrected chi connectivity index (χ1v) is 9.03. The van der Waals surface area contributed by atoms with Gasteiger partial charge in [-0.3, -0.25) is 0 Å². The fraction of sp³-hybridized carbons (Fsp3) is 0.174. The van der Waals surface area contributed by atoms with E-state index in [0.717, 1.165) is 29.5 Å². The number of hydrogen-bond acceptors (Lipinski definition) is 2. The molecule has 0 fully saturated rings. The number of carbonyl (C=O) groups is 1. The summed E-state index contributed by atoms with van der Waals surface area (Å²) in [4.78, 5) is 12.7. The van der Waals surface area contributed by atoms with Gasteiger partial charge < -0.3 is 4.74 Å². The van der Waals surface area contributed by atoms with Gasteiger partial charge in [-0.15, -0.1) is 0 Å². The molecule has 0 spiro atoms. The summed E-state index contributed by atoms with van der Waals surface area (Å²) in [6.45, 7) is 3.81. The molecule has 0 unspecified atom stereocenters. The number of halogens is 1. The number of benzene rings is 3. The highest BCUT2D eigenvalue weighted by Gasteiger charge is 2.14. The average Bonchev–Trinajstić information content (AvgIpc) is 2.65. The first kappa shape index (κ1) is 18.2. The molecule has 0 bridgehead atoms. The zero-order valence-corrected chi connectivity index (χ0v) is 15.7. The Hall–Kier alpha value is -2.58. The molecule has 0 aromatic heterocycles. The van der Waals surface area contributed by atoms with Gasteiger partial charge in [-0.05, 0) is 67.1 Å². The van der Waals surface area contributed by atoms with Crippen LogP contribution in [-0.2, 0) is 12.8 Å². The number of aryl methyl sites for hydroxylation is 4. The molecular formula is C23H21ClO2. The van der Waals surface area contributed by atoms with Crippen LogP contribution in [0.4, 0.5) is 0 Å². The lowest BCUT2D eigenvalue weighted by Gasteiger charge is -2.11. The summed E-state index contributed by atoms with van der Waals surface area (Å²) in [6, 6.07) is 21.5. The van der Waals surface area contributed by atoms with Gasteiger partial charge >= 0.3 is 5.97 Å². The molecule has 0 aliphatic carbocycles. The van der Waals surface area contributed by atoms with Gasteiger partial charge in [0.25, 0.3) is 0 Å². The van der Waals surface area contributed by atoms with Crippen molar-refractivity contribution in [2.45, 2.75) is 26.7 Å². The monoisotopic (exact) mass is 364 g/mol. The lowest BCUT2D eigenvalue weighted by Crippen LogP contribution is -2.12. The second-order valence-corrected chi connectivity index (χ2v) is 6.78. The van der Waals surface area contributed by atoms with Gasteiger partial charge in [0, 0.05) is 5.02 Å². The van der Waals surface area contributed by atoms with E-state index in [1.54, 1.807) is 12.1 Å². The molecule has 0 amide bonds. The Bertz CT molecular complexity index is 893. The normalized spacial score (nSPS) is 10.6. The molecule has 0 saturated carbocycles. The van der Waals surface area contributed by atoms with E-state index in [0.29, 0.717) is 16.3 Å². The van der Waals surface area contributed by atoms with Crippen LogP contribution in [0, 0.1) is 13.8 Å². The van der Waals surface area contributed by atoms with Crippen LogP contribution >= 0.6 is 11.6 Å². The molecule has 3 heteroatoms. The third-order valence-electron chi connectivity index (χ3n) is 4.38. The van der Waals surface area contributed by atoms with Crippen LogP contribution in [0.25, 0.3) is 0 Å².